The zero-order valence-electron chi connectivity index (χ0n) is 11.2. The predicted molar refractivity (Wildman–Crippen MR) is 75.9 cm³/mol. The van der Waals surface area contributed by atoms with Crippen molar-refractivity contribution in [2.75, 3.05) is 26.4 Å². The van der Waals surface area contributed by atoms with Gasteiger partial charge in [-0.05, 0) is 30.5 Å². The summed E-state index contributed by atoms with van der Waals surface area (Å²) in [4.78, 5) is 11.8. The molecule has 2 aliphatic rings. The second kappa shape index (κ2) is 5.72. The molecule has 2 heterocycles. The lowest BCUT2D eigenvalue weighted by molar-refractivity contribution is -0.122. The van der Waals surface area contributed by atoms with E-state index in [0.717, 1.165) is 17.9 Å². The van der Waals surface area contributed by atoms with Crippen LogP contribution in [0.3, 0.4) is 0 Å². The average molecular weight is 296 g/mol. The van der Waals surface area contributed by atoms with Gasteiger partial charge in [-0.3, -0.25) is 4.79 Å². The topological polar surface area (TPSA) is 50.9 Å². The Morgan fingerprint density at radius 3 is 2.80 bits per heavy atom. The summed E-state index contributed by atoms with van der Waals surface area (Å²) in [5.41, 5.74) is 1.08. The van der Waals surface area contributed by atoms with Crippen LogP contribution in [0.15, 0.2) is 24.3 Å². The predicted octanol–water partition coefficient (Wildman–Crippen LogP) is 1.90. The Kier molecular flexibility index (Phi) is 3.96. The molecule has 2 aliphatic heterocycles. The summed E-state index contributed by atoms with van der Waals surface area (Å²) in [5, 5.41) is 3.74. The van der Waals surface area contributed by atoms with Crippen molar-refractivity contribution in [3.8, 4) is 0 Å². The van der Waals surface area contributed by atoms with Crippen molar-refractivity contribution in [3.05, 3.63) is 34.9 Å². The number of nitrogens with one attached hydrogen (secondary N) is 1. The Morgan fingerprint density at radius 2 is 2.15 bits per heavy atom. The molecule has 0 saturated carbocycles. The minimum absolute atomic E-state index is 0.0158. The number of rotatable bonds is 4. The highest BCUT2D eigenvalue weighted by Gasteiger charge is 2.37. The second-order valence-corrected chi connectivity index (χ2v) is 5.88. The molecule has 0 radical (unpaired) electrons. The molecule has 2 saturated heterocycles. The summed E-state index contributed by atoms with van der Waals surface area (Å²) in [7, 11) is 0. The first-order valence-corrected chi connectivity index (χ1v) is 7.31. The van der Waals surface area contributed by atoms with Gasteiger partial charge in [-0.1, -0.05) is 23.7 Å². The molecule has 0 aromatic heterocycles. The van der Waals surface area contributed by atoms with Crippen LogP contribution >= 0.6 is 11.6 Å². The largest absolute Gasteiger partial charge is 0.381 e. The number of amides is 1. The number of halogens is 1. The van der Waals surface area contributed by atoms with E-state index in [4.69, 9.17) is 21.1 Å². The van der Waals surface area contributed by atoms with Crippen molar-refractivity contribution < 1.29 is 14.3 Å². The van der Waals surface area contributed by atoms with Gasteiger partial charge in [-0.25, -0.2) is 0 Å². The third kappa shape index (κ3) is 2.97. The first-order valence-electron chi connectivity index (χ1n) is 6.93. The van der Waals surface area contributed by atoms with Crippen LogP contribution in [0.5, 0.6) is 0 Å². The van der Waals surface area contributed by atoms with Gasteiger partial charge in [0, 0.05) is 30.2 Å². The molecule has 20 heavy (non-hydrogen) atoms. The van der Waals surface area contributed by atoms with Crippen LogP contribution < -0.4 is 5.32 Å². The molecule has 4 nitrogen and oxygen atoms in total. The number of benzene rings is 1. The highest BCUT2D eigenvalue weighted by atomic mass is 35.5. The van der Waals surface area contributed by atoms with Crippen LogP contribution in [0.2, 0.25) is 5.02 Å². The third-order valence-corrected chi connectivity index (χ3v) is 4.35. The molecule has 0 bridgehead atoms. The fourth-order valence-corrected chi connectivity index (χ4v) is 2.91. The van der Waals surface area contributed by atoms with E-state index in [9.17, 15) is 4.79 Å². The molecular weight excluding hydrogens is 278 g/mol. The van der Waals surface area contributed by atoms with Crippen molar-refractivity contribution in [1.29, 1.82) is 0 Å². The van der Waals surface area contributed by atoms with Crippen LogP contribution in [0.4, 0.5) is 0 Å². The fourth-order valence-electron chi connectivity index (χ4n) is 2.72. The molecule has 1 aromatic carbocycles. The standard InChI is InChI=1S/C15H18ClNO3/c16-12-3-1-2-11(8-12)15(4-6-19-7-5-15)10-17-14(18)13-9-20-13/h1-3,8,13H,4-7,9-10H2,(H,17,18). The van der Waals surface area contributed by atoms with Gasteiger partial charge in [-0.15, -0.1) is 0 Å². The molecule has 1 aromatic rings. The lowest BCUT2D eigenvalue weighted by Crippen LogP contribution is -2.45. The van der Waals surface area contributed by atoms with Crippen molar-refractivity contribution in [2.24, 2.45) is 0 Å². The van der Waals surface area contributed by atoms with E-state index >= 15 is 0 Å². The zero-order chi connectivity index (χ0) is 14.0. The zero-order valence-corrected chi connectivity index (χ0v) is 12.0. The van der Waals surface area contributed by atoms with Crippen LogP contribution in [-0.4, -0.2) is 38.4 Å². The van der Waals surface area contributed by atoms with Crippen molar-refractivity contribution in [3.63, 3.8) is 0 Å². The lowest BCUT2D eigenvalue weighted by atomic mass is 9.74. The van der Waals surface area contributed by atoms with Crippen molar-refractivity contribution in [2.45, 2.75) is 24.4 Å². The quantitative estimate of drug-likeness (QED) is 0.863. The normalized spacial score (nSPS) is 24.1. The molecule has 3 rings (SSSR count). The molecule has 5 heteroatoms. The summed E-state index contributed by atoms with van der Waals surface area (Å²) in [6.45, 7) is 2.57. The highest BCUT2D eigenvalue weighted by molar-refractivity contribution is 6.30. The van der Waals surface area contributed by atoms with Gasteiger partial charge < -0.3 is 14.8 Å². The molecule has 1 atom stereocenters. The summed E-state index contributed by atoms with van der Waals surface area (Å²) in [6.07, 6.45) is 1.53. The monoisotopic (exact) mass is 295 g/mol. The molecule has 2 fully saturated rings. The second-order valence-electron chi connectivity index (χ2n) is 5.44. The van der Waals surface area contributed by atoms with Crippen LogP contribution in [0.1, 0.15) is 18.4 Å². The van der Waals surface area contributed by atoms with E-state index in [1.165, 1.54) is 5.56 Å². The lowest BCUT2D eigenvalue weighted by Gasteiger charge is -2.38. The molecule has 0 spiro atoms. The fraction of sp³-hybridized carbons (Fsp3) is 0.533. The first kappa shape index (κ1) is 13.9. The smallest absolute Gasteiger partial charge is 0.251 e. The maximum absolute atomic E-state index is 11.8. The van der Waals surface area contributed by atoms with Gasteiger partial charge in [0.05, 0.1) is 6.61 Å². The SMILES string of the molecule is O=C(NCC1(c2cccc(Cl)c2)CCOCC1)C1CO1. The molecule has 1 unspecified atom stereocenters. The number of hydrogen-bond donors (Lipinski definition) is 1. The number of carbonyl (C=O) groups excluding carboxylic acids is 1. The van der Waals surface area contributed by atoms with E-state index in [1.54, 1.807) is 0 Å². The maximum atomic E-state index is 11.8. The van der Waals surface area contributed by atoms with Gasteiger partial charge in [0.25, 0.3) is 5.91 Å². The van der Waals surface area contributed by atoms with E-state index < -0.39 is 0 Å². The van der Waals surface area contributed by atoms with Crippen LogP contribution in [0.25, 0.3) is 0 Å². The highest BCUT2D eigenvalue weighted by Crippen LogP contribution is 2.35. The minimum Gasteiger partial charge on any atom is -0.381 e. The third-order valence-electron chi connectivity index (χ3n) is 4.11. The van der Waals surface area contributed by atoms with E-state index in [-0.39, 0.29) is 17.4 Å². The summed E-state index contributed by atoms with van der Waals surface area (Å²) in [5.74, 6) is -0.0158. The van der Waals surface area contributed by atoms with Gasteiger partial charge in [0.2, 0.25) is 0 Å². The first-order chi connectivity index (χ1) is 9.70. The average Bonchev–Trinajstić information content (AvgIpc) is 3.30. The Balaban J connectivity index is 1.78. The molecule has 1 amide bonds. The van der Waals surface area contributed by atoms with E-state index in [0.29, 0.717) is 26.4 Å². The molecule has 1 N–H and O–H groups in total. The van der Waals surface area contributed by atoms with Crippen LogP contribution in [-0.2, 0) is 19.7 Å². The summed E-state index contributed by atoms with van der Waals surface area (Å²) in [6, 6.07) is 7.90. The molecule has 0 aliphatic carbocycles. The van der Waals surface area contributed by atoms with Crippen molar-refractivity contribution >= 4 is 17.5 Å². The van der Waals surface area contributed by atoms with Crippen LogP contribution in [0, 0.1) is 0 Å². The maximum Gasteiger partial charge on any atom is 0.251 e. The Labute approximate surface area is 123 Å². The summed E-state index contributed by atoms with van der Waals surface area (Å²) < 4.78 is 10.5. The van der Waals surface area contributed by atoms with Gasteiger partial charge in [0.1, 0.15) is 0 Å². The Hall–Kier alpha value is -1.10. The minimum atomic E-state index is -0.244. The Morgan fingerprint density at radius 1 is 1.40 bits per heavy atom. The number of carbonyl (C=O) groups is 1. The van der Waals surface area contributed by atoms with Gasteiger partial charge >= 0.3 is 0 Å². The number of ether oxygens (including phenoxy) is 2. The van der Waals surface area contributed by atoms with E-state index in [1.807, 2.05) is 18.2 Å². The summed E-state index contributed by atoms with van der Waals surface area (Å²) >= 11 is 6.11. The molecule has 108 valence electrons. The van der Waals surface area contributed by atoms with E-state index in [2.05, 4.69) is 11.4 Å². The van der Waals surface area contributed by atoms with Gasteiger partial charge in [0.15, 0.2) is 6.10 Å². The van der Waals surface area contributed by atoms with Crippen molar-refractivity contribution in [1.82, 2.24) is 5.32 Å². The van der Waals surface area contributed by atoms with Gasteiger partial charge in [-0.2, -0.15) is 0 Å². The molecular formula is C15H18ClNO3. The number of epoxide rings is 1. The number of hydrogen-bond acceptors (Lipinski definition) is 3. The Bertz CT molecular complexity index is 496.